The number of methoxy groups -OCH3 is 1. The van der Waals surface area contributed by atoms with E-state index in [2.05, 4.69) is 10.5 Å². The maximum atomic E-state index is 12.6. The van der Waals surface area contributed by atoms with Crippen molar-refractivity contribution in [1.29, 1.82) is 0 Å². The summed E-state index contributed by atoms with van der Waals surface area (Å²) >= 11 is 0. The van der Waals surface area contributed by atoms with Crippen LogP contribution < -0.4 is 14.9 Å². The van der Waals surface area contributed by atoms with E-state index in [-0.39, 0.29) is 5.75 Å². The second-order valence-corrected chi connectivity index (χ2v) is 6.11. The van der Waals surface area contributed by atoms with Crippen molar-refractivity contribution in [2.45, 2.75) is 6.18 Å². The first-order valence-electron chi connectivity index (χ1n) is 8.78. The average molecular weight is 414 g/mol. The van der Waals surface area contributed by atoms with E-state index in [4.69, 9.17) is 9.47 Å². The van der Waals surface area contributed by atoms with E-state index in [0.717, 1.165) is 12.1 Å². The summed E-state index contributed by atoms with van der Waals surface area (Å²) in [6.45, 7) is 0. The Hall–Kier alpha value is -3.81. The van der Waals surface area contributed by atoms with Gasteiger partial charge in [-0.1, -0.05) is 18.2 Å². The van der Waals surface area contributed by atoms with Crippen LogP contribution >= 0.6 is 0 Å². The third kappa shape index (κ3) is 5.38. The van der Waals surface area contributed by atoms with Gasteiger partial charge in [0, 0.05) is 0 Å². The number of alkyl halides is 3. The molecule has 3 rings (SSSR count). The van der Waals surface area contributed by atoms with Crippen LogP contribution in [0.1, 0.15) is 21.5 Å². The van der Waals surface area contributed by atoms with E-state index >= 15 is 0 Å². The van der Waals surface area contributed by atoms with Gasteiger partial charge in [0.2, 0.25) is 0 Å². The zero-order chi connectivity index (χ0) is 21.6. The molecule has 0 saturated carbocycles. The number of hydrogen-bond donors (Lipinski definition) is 1. The van der Waals surface area contributed by atoms with Gasteiger partial charge >= 0.3 is 12.1 Å². The Bertz CT molecular complexity index is 1030. The second-order valence-electron chi connectivity index (χ2n) is 6.11. The molecule has 3 aromatic carbocycles. The molecule has 0 saturated heterocycles. The molecule has 8 heteroatoms. The predicted molar refractivity (Wildman–Crippen MR) is 107 cm³/mol. The lowest BCUT2D eigenvalue weighted by atomic mass is 10.2. The zero-order valence-corrected chi connectivity index (χ0v) is 15.8. The Balaban J connectivity index is 1.66. The molecule has 0 aliphatic carbocycles. The minimum absolute atomic E-state index is 0.249. The molecular formula is C22H17F3N2O3. The SMILES string of the molecule is COc1cc(C=NNc2ccc(C(F)(F)F)cc2)ccc1OC(=O)c1ccccc1. The van der Waals surface area contributed by atoms with Crippen molar-refractivity contribution >= 4 is 17.9 Å². The molecular weight excluding hydrogens is 397 g/mol. The summed E-state index contributed by atoms with van der Waals surface area (Å²) in [4.78, 5) is 12.2. The normalized spacial score (nSPS) is 11.3. The van der Waals surface area contributed by atoms with Crippen LogP contribution in [0.3, 0.4) is 0 Å². The quantitative estimate of drug-likeness (QED) is 0.255. The van der Waals surface area contributed by atoms with Gasteiger partial charge in [-0.05, 0) is 60.2 Å². The molecule has 154 valence electrons. The number of carbonyl (C=O) groups excluding carboxylic acids is 1. The molecule has 30 heavy (non-hydrogen) atoms. The first-order chi connectivity index (χ1) is 14.4. The fraction of sp³-hybridized carbons (Fsp3) is 0.0909. The van der Waals surface area contributed by atoms with E-state index < -0.39 is 17.7 Å². The van der Waals surface area contributed by atoms with Gasteiger partial charge in [-0.3, -0.25) is 5.43 Å². The minimum Gasteiger partial charge on any atom is -0.493 e. The largest absolute Gasteiger partial charge is 0.493 e. The molecule has 5 nitrogen and oxygen atoms in total. The molecule has 0 fully saturated rings. The second kappa shape index (κ2) is 9.13. The Morgan fingerprint density at radius 2 is 1.67 bits per heavy atom. The van der Waals surface area contributed by atoms with Crippen molar-refractivity contribution < 1.29 is 27.4 Å². The van der Waals surface area contributed by atoms with Crippen LogP contribution in [0.25, 0.3) is 0 Å². The van der Waals surface area contributed by atoms with E-state index in [9.17, 15) is 18.0 Å². The number of hydrogen-bond acceptors (Lipinski definition) is 5. The summed E-state index contributed by atoms with van der Waals surface area (Å²) in [5, 5.41) is 4.00. The van der Waals surface area contributed by atoms with Crippen molar-refractivity contribution in [2.75, 3.05) is 12.5 Å². The number of hydrazone groups is 1. The lowest BCUT2D eigenvalue weighted by molar-refractivity contribution is -0.137. The number of benzene rings is 3. The molecule has 0 spiro atoms. The van der Waals surface area contributed by atoms with Crippen molar-refractivity contribution in [3.05, 3.63) is 89.5 Å². The summed E-state index contributed by atoms with van der Waals surface area (Å²) in [6.07, 6.45) is -2.92. The lowest BCUT2D eigenvalue weighted by Gasteiger charge is -2.10. The van der Waals surface area contributed by atoms with E-state index in [1.807, 2.05) is 0 Å². The van der Waals surface area contributed by atoms with Crippen LogP contribution in [0.4, 0.5) is 18.9 Å². The van der Waals surface area contributed by atoms with Gasteiger partial charge < -0.3 is 9.47 Å². The third-order valence-electron chi connectivity index (χ3n) is 4.02. The van der Waals surface area contributed by atoms with Crippen LogP contribution in [-0.2, 0) is 6.18 Å². The van der Waals surface area contributed by atoms with Gasteiger partial charge in [0.25, 0.3) is 0 Å². The van der Waals surface area contributed by atoms with E-state index in [1.165, 1.54) is 25.5 Å². The Morgan fingerprint density at radius 3 is 2.30 bits per heavy atom. The number of nitrogens with one attached hydrogen (secondary N) is 1. The summed E-state index contributed by atoms with van der Waals surface area (Å²) in [7, 11) is 1.44. The summed E-state index contributed by atoms with van der Waals surface area (Å²) in [5.41, 5.74) is 3.36. The van der Waals surface area contributed by atoms with Gasteiger partial charge in [-0.25, -0.2) is 4.79 Å². The molecule has 0 aliphatic heterocycles. The number of esters is 1. The summed E-state index contributed by atoms with van der Waals surface area (Å²) in [6, 6.07) is 17.9. The summed E-state index contributed by atoms with van der Waals surface area (Å²) < 4.78 is 48.4. The molecule has 0 amide bonds. The van der Waals surface area contributed by atoms with Crippen LogP contribution in [0.15, 0.2) is 77.9 Å². The molecule has 0 unspecified atom stereocenters. The smallest absolute Gasteiger partial charge is 0.416 e. The Morgan fingerprint density at radius 1 is 0.967 bits per heavy atom. The molecule has 3 aromatic rings. The number of ether oxygens (including phenoxy) is 2. The highest BCUT2D eigenvalue weighted by Gasteiger charge is 2.29. The highest BCUT2D eigenvalue weighted by molar-refractivity contribution is 5.91. The van der Waals surface area contributed by atoms with Gasteiger partial charge in [0.05, 0.1) is 30.1 Å². The number of rotatable bonds is 6. The van der Waals surface area contributed by atoms with Crippen LogP contribution in [-0.4, -0.2) is 19.3 Å². The molecule has 0 bridgehead atoms. The molecule has 0 heterocycles. The van der Waals surface area contributed by atoms with Gasteiger partial charge in [-0.2, -0.15) is 18.3 Å². The summed E-state index contributed by atoms with van der Waals surface area (Å²) in [5.74, 6) is 0.0660. The predicted octanol–water partition coefficient (Wildman–Crippen LogP) is 5.38. The fourth-order valence-electron chi connectivity index (χ4n) is 2.50. The number of halogens is 3. The van der Waals surface area contributed by atoms with Crippen molar-refractivity contribution in [1.82, 2.24) is 0 Å². The monoisotopic (exact) mass is 414 g/mol. The highest BCUT2D eigenvalue weighted by atomic mass is 19.4. The zero-order valence-electron chi connectivity index (χ0n) is 15.8. The van der Waals surface area contributed by atoms with Gasteiger partial charge in [-0.15, -0.1) is 0 Å². The lowest BCUT2D eigenvalue weighted by Crippen LogP contribution is -2.09. The van der Waals surface area contributed by atoms with E-state index in [1.54, 1.807) is 48.5 Å². The molecule has 1 N–H and O–H groups in total. The standard InChI is InChI=1S/C22H17F3N2O3/c1-29-20-13-15(7-12-19(20)30-21(28)16-5-3-2-4-6-16)14-26-27-18-10-8-17(9-11-18)22(23,24)25/h2-14,27H,1H3. The fourth-order valence-corrected chi connectivity index (χ4v) is 2.50. The number of anilines is 1. The van der Waals surface area contributed by atoms with E-state index in [0.29, 0.717) is 22.6 Å². The topological polar surface area (TPSA) is 59.9 Å². The first kappa shape index (κ1) is 20.9. The average Bonchev–Trinajstić information content (AvgIpc) is 2.75. The van der Waals surface area contributed by atoms with Crippen molar-refractivity contribution in [3.8, 4) is 11.5 Å². The molecule has 0 radical (unpaired) electrons. The maximum absolute atomic E-state index is 12.6. The number of nitrogens with zero attached hydrogens (tertiary/aromatic N) is 1. The van der Waals surface area contributed by atoms with Gasteiger partial charge in [0.15, 0.2) is 11.5 Å². The number of carbonyl (C=O) groups is 1. The van der Waals surface area contributed by atoms with Crippen molar-refractivity contribution in [3.63, 3.8) is 0 Å². The van der Waals surface area contributed by atoms with Crippen LogP contribution in [0.5, 0.6) is 11.5 Å². The Kier molecular flexibility index (Phi) is 6.36. The Labute approximate surface area is 170 Å². The van der Waals surface area contributed by atoms with Gasteiger partial charge in [0.1, 0.15) is 0 Å². The van der Waals surface area contributed by atoms with Crippen LogP contribution in [0.2, 0.25) is 0 Å². The minimum atomic E-state index is -4.38. The molecule has 0 aliphatic rings. The maximum Gasteiger partial charge on any atom is 0.416 e. The van der Waals surface area contributed by atoms with Crippen LogP contribution in [0, 0.1) is 0 Å². The highest BCUT2D eigenvalue weighted by Crippen LogP contribution is 2.30. The third-order valence-corrected chi connectivity index (χ3v) is 4.02. The molecule has 0 aromatic heterocycles. The molecule has 0 atom stereocenters. The first-order valence-corrected chi connectivity index (χ1v) is 8.78. The van der Waals surface area contributed by atoms with Crippen molar-refractivity contribution in [2.24, 2.45) is 5.10 Å².